The lowest BCUT2D eigenvalue weighted by Gasteiger charge is -2.29. The van der Waals surface area contributed by atoms with E-state index < -0.39 is 11.4 Å². The smallest absolute Gasteiger partial charge is 0.372 e. The average Bonchev–Trinajstić information content (AvgIpc) is 2.58. The number of benzene rings is 1. The molecule has 0 N–H and O–H groups in total. The van der Waals surface area contributed by atoms with E-state index in [1.807, 2.05) is 26.0 Å². The summed E-state index contributed by atoms with van der Waals surface area (Å²) in [5.41, 5.74) is 0.0128. The number of ether oxygens (including phenoxy) is 2. The molecule has 0 fully saturated rings. The van der Waals surface area contributed by atoms with Crippen molar-refractivity contribution in [2.24, 2.45) is 0 Å². The number of carbonyl (C=O) groups is 1. The summed E-state index contributed by atoms with van der Waals surface area (Å²) in [7, 11) is 0. The van der Waals surface area contributed by atoms with Crippen LogP contribution < -0.4 is 15.1 Å². The Morgan fingerprint density at radius 3 is 2.69 bits per heavy atom. The predicted molar refractivity (Wildman–Crippen MR) is 94.6 cm³/mol. The third kappa shape index (κ3) is 2.35. The molecule has 4 rings (SSSR count). The predicted octanol–water partition coefficient (Wildman–Crippen LogP) is 4.03. The molecule has 0 spiro atoms. The van der Waals surface area contributed by atoms with Gasteiger partial charge in [0, 0.05) is 12.0 Å². The van der Waals surface area contributed by atoms with Crippen molar-refractivity contribution in [2.45, 2.75) is 52.2 Å². The minimum absolute atomic E-state index is 0.0630. The fraction of sp³-hybridized carbons (Fsp3) is 0.400. The largest absolute Gasteiger partial charge is 0.489 e. The Kier molecular flexibility index (Phi) is 3.86. The van der Waals surface area contributed by atoms with Crippen molar-refractivity contribution in [1.29, 1.82) is 0 Å². The van der Waals surface area contributed by atoms with E-state index in [2.05, 4.69) is 0 Å². The van der Waals surface area contributed by atoms with Crippen molar-refractivity contribution in [3.05, 3.63) is 39.0 Å². The molecule has 0 aliphatic carbocycles. The van der Waals surface area contributed by atoms with Gasteiger partial charge in [0.1, 0.15) is 29.3 Å². The van der Waals surface area contributed by atoms with Gasteiger partial charge in [-0.15, -0.1) is 0 Å². The monoisotopic (exact) mass is 358 g/mol. The molecule has 0 saturated carbocycles. The van der Waals surface area contributed by atoms with Crippen molar-refractivity contribution < 1.29 is 23.1 Å². The molecule has 136 valence electrons. The first-order chi connectivity index (χ1) is 12.4. The fourth-order valence-electron chi connectivity index (χ4n) is 3.65. The number of hydrogen-bond donors (Lipinski definition) is 0. The molecule has 0 amide bonds. The summed E-state index contributed by atoms with van der Waals surface area (Å²) in [6, 6.07) is 0. The van der Waals surface area contributed by atoms with Crippen molar-refractivity contribution in [3.63, 3.8) is 0 Å². The maximum absolute atomic E-state index is 14.6. The van der Waals surface area contributed by atoms with Gasteiger partial charge in [0.15, 0.2) is 11.4 Å². The van der Waals surface area contributed by atoms with Gasteiger partial charge >= 0.3 is 5.63 Å². The van der Waals surface area contributed by atoms with Crippen molar-refractivity contribution >= 4 is 22.8 Å². The fourth-order valence-corrected chi connectivity index (χ4v) is 3.65. The van der Waals surface area contributed by atoms with Gasteiger partial charge in [0.25, 0.3) is 0 Å². The van der Waals surface area contributed by atoms with Crippen LogP contribution in [0.3, 0.4) is 0 Å². The second-order valence-electron chi connectivity index (χ2n) is 6.82. The Morgan fingerprint density at radius 1 is 1.19 bits per heavy atom. The number of ketones is 1. The number of carbonyl (C=O) groups excluding carboxylic acids is 1. The zero-order chi connectivity index (χ0) is 18.6. The molecule has 2 atom stereocenters. The van der Waals surface area contributed by atoms with Crippen LogP contribution in [0.4, 0.5) is 4.39 Å². The molecule has 0 bridgehead atoms. The summed E-state index contributed by atoms with van der Waals surface area (Å²) in [5.74, 6) is -0.362. The minimum Gasteiger partial charge on any atom is -0.489 e. The van der Waals surface area contributed by atoms with Crippen LogP contribution in [-0.2, 0) is 6.42 Å². The SMILES string of the molecule is CCCc1c(F)c(=O)oc2c3c(c4c(c12)OC(C)C=C4)OC(C)CC3=O. The highest BCUT2D eigenvalue weighted by Gasteiger charge is 2.35. The van der Waals surface area contributed by atoms with Crippen LogP contribution in [0, 0.1) is 5.82 Å². The Balaban J connectivity index is 2.21. The summed E-state index contributed by atoms with van der Waals surface area (Å²) in [4.78, 5) is 24.8. The van der Waals surface area contributed by atoms with Crippen molar-refractivity contribution in [2.75, 3.05) is 0 Å². The zero-order valence-electron chi connectivity index (χ0n) is 14.8. The number of Topliss-reactive ketones (excluding diaryl/α,β-unsaturated/α-hetero) is 1. The lowest BCUT2D eigenvalue weighted by Crippen LogP contribution is -2.27. The van der Waals surface area contributed by atoms with E-state index in [0.717, 1.165) is 0 Å². The molecule has 1 aromatic heterocycles. The zero-order valence-corrected chi connectivity index (χ0v) is 14.8. The molecule has 2 aromatic rings. The molecule has 2 unspecified atom stereocenters. The van der Waals surface area contributed by atoms with Crippen LogP contribution in [0.15, 0.2) is 15.3 Å². The second kappa shape index (κ2) is 5.97. The van der Waals surface area contributed by atoms with E-state index >= 15 is 0 Å². The van der Waals surface area contributed by atoms with Gasteiger partial charge in [-0.05, 0) is 32.4 Å². The Hall–Kier alpha value is -2.63. The van der Waals surface area contributed by atoms with Crippen LogP contribution in [0.1, 0.15) is 55.1 Å². The van der Waals surface area contributed by atoms with Crippen molar-refractivity contribution in [3.8, 4) is 11.5 Å². The van der Waals surface area contributed by atoms with Gasteiger partial charge in [-0.25, -0.2) is 4.79 Å². The number of hydrogen-bond acceptors (Lipinski definition) is 5. The van der Waals surface area contributed by atoms with E-state index in [1.54, 1.807) is 6.92 Å². The molecular weight excluding hydrogens is 339 g/mol. The normalized spacial score (nSPS) is 21.2. The highest BCUT2D eigenvalue weighted by Crippen LogP contribution is 2.47. The minimum atomic E-state index is -1.08. The number of rotatable bonds is 2. The number of halogens is 1. The summed E-state index contributed by atoms with van der Waals surface area (Å²) >= 11 is 0. The molecule has 26 heavy (non-hydrogen) atoms. The van der Waals surface area contributed by atoms with Crippen LogP contribution in [-0.4, -0.2) is 18.0 Å². The molecule has 6 heteroatoms. The Morgan fingerprint density at radius 2 is 1.96 bits per heavy atom. The van der Waals surface area contributed by atoms with Gasteiger partial charge in [-0.1, -0.05) is 13.3 Å². The van der Waals surface area contributed by atoms with Crippen LogP contribution >= 0.6 is 0 Å². The second-order valence-corrected chi connectivity index (χ2v) is 6.82. The molecule has 0 radical (unpaired) electrons. The van der Waals surface area contributed by atoms with Crippen molar-refractivity contribution in [1.82, 2.24) is 0 Å². The standard InChI is InChI=1S/C20H19FO5/c1-4-5-11-14-17-12(7-6-9(2)24-17)18-15(13(22)8-10(3)25-18)19(14)26-20(23)16(11)21/h6-7,9-10H,4-5,8H2,1-3H3. The lowest BCUT2D eigenvalue weighted by atomic mass is 9.91. The molecule has 1 aromatic carbocycles. The molecule has 3 heterocycles. The summed E-state index contributed by atoms with van der Waals surface area (Å²) in [6.45, 7) is 5.55. The first kappa shape index (κ1) is 16.8. The third-order valence-electron chi connectivity index (χ3n) is 4.75. The van der Waals surface area contributed by atoms with Gasteiger partial charge in [0.2, 0.25) is 5.82 Å². The highest BCUT2D eigenvalue weighted by molar-refractivity contribution is 6.13. The number of fused-ring (bicyclic) bond motifs is 6. The van der Waals surface area contributed by atoms with E-state index in [4.69, 9.17) is 13.9 Å². The quantitative estimate of drug-likeness (QED) is 0.758. The van der Waals surface area contributed by atoms with E-state index in [-0.39, 0.29) is 41.1 Å². The summed E-state index contributed by atoms with van der Waals surface area (Å²) < 4.78 is 31.7. The highest BCUT2D eigenvalue weighted by atomic mass is 19.1. The van der Waals surface area contributed by atoms with Gasteiger partial charge in [0.05, 0.1) is 10.9 Å². The molecule has 2 aliphatic rings. The molecular formula is C20H19FO5. The third-order valence-corrected chi connectivity index (χ3v) is 4.75. The topological polar surface area (TPSA) is 65.7 Å². The van der Waals surface area contributed by atoms with Crippen LogP contribution in [0.2, 0.25) is 0 Å². The molecule has 2 aliphatic heterocycles. The Bertz CT molecular complexity index is 1020. The Labute approximate surface area is 149 Å². The summed E-state index contributed by atoms with van der Waals surface area (Å²) in [5, 5.41) is 0.361. The molecule has 5 nitrogen and oxygen atoms in total. The first-order valence-corrected chi connectivity index (χ1v) is 8.82. The maximum Gasteiger partial charge on any atom is 0.372 e. The van der Waals surface area contributed by atoms with Gasteiger partial charge in [-0.3, -0.25) is 4.79 Å². The van der Waals surface area contributed by atoms with E-state index in [9.17, 15) is 14.0 Å². The van der Waals surface area contributed by atoms with Gasteiger partial charge in [-0.2, -0.15) is 4.39 Å². The van der Waals surface area contributed by atoms with Gasteiger partial charge < -0.3 is 13.9 Å². The van der Waals surface area contributed by atoms with Crippen LogP contribution in [0.5, 0.6) is 11.5 Å². The van der Waals surface area contributed by atoms with Crippen LogP contribution in [0.25, 0.3) is 17.0 Å². The molecule has 0 saturated heterocycles. The number of aryl methyl sites for hydroxylation is 1. The van der Waals surface area contributed by atoms with E-state index in [0.29, 0.717) is 35.3 Å². The van der Waals surface area contributed by atoms with E-state index in [1.165, 1.54) is 0 Å². The maximum atomic E-state index is 14.6. The lowest BCUT2D eigenvalue weighted by molar-refractivity contribution is 0.0870. The first-order valence-electron chi connectivity index (χ1n) is 8.82. The summed E-state index contributed by atoms with van der Waals surface area (Å²) in [6.07, 6.45) is 4.28. The average molecular weight is 358 g/mol.